The molecule has 6 nitrogen and oxygen atoms in total. The molecule has 0 aromatic heterocycles. The Labute approximate surface area is 117 Å². The number of ketones is 1. The number of ether oxygens (including phenoxy) is 2. The standard InChI is InChI=1S/C14H17NO5/c1-8-9(2)14(20-12(8)7-19-10(3)16)15-5-4-11(17)6-13(15)18/h4-5,9,12,14H,1,6-7H2,2-3H3/t9-,12+,14+/m1/s1. The maximum Gasteiger partial charge on any atom is 0.302 e. The Morgan fingerprint density at radius 1 is 1.55 bits per heavy atom. The molecule has 2 heterocycles. The van der Waals surface area contributed by atoms with E-state index in [1.165, 1.54) is 24.1 Å². The Hall–Kier alpha value is -1.95. The Morgan fingerprint density at radius 2 is 2.25 bits per heavy atom. The molecule has 0 aromatic carbocycles. The highest BCUT2D eigenvalue weighted by Gasteiger charge is 2.41. The second-order valence-electron chi connectivity index (χ2n) is 4.94. The lowest BCUT2D eigenvalue weighted by Crippen LogP contribution is -2.42. The van der Waals surface area contributed by atoms with Gasteiger partial charge in [0.15, 0.2) is 5.78 Å². The summed E-state index contributed by atoms with van der Waals surface area (Å²) in [5, 5.41) is 0. The van der Waals surface area contributed by atoms with Crippen LogP contribution in [0, 0.1) is 5.92 Å². The van der Waals surface area contributed by atoms with E-state index in [1.54, 1.807) is 0 Å². The molecule has 0 N–H and O–H groups in total. The average molecular weight is 279 g/mol. The lowest BCUT2D eigenvalue weighted by atomic mass is 9.99. The van der Waals surface area contributed by atoms with Gasteiger partial charge in [0.05, 0.1) is 6.42 Å². The fraction of sp³-hybridized carbons (Fsp3) is 0.500. The van der Waals surface area contributed by atoms with E-state index >= 15 is 0 Å². The van der Waals surface area contributed by atoms with Crippen molar-refractivity contribution in [2.45, 2.75) is 32.6 Å². The number of allylic oxidation sites excluding steroid dienone is 1. The van der Waals surface area contributed by atoms with E-state index in [4.69, 9.17) is 9.47 Å². The Kier molecular flexibility index (Phi) is 4.04. The van der Waals surface area contributed by atoms with Crippen molar-refractivity contribution in [2.24, 2.45) is 5.92 Å². The zero-order valence-corrected chi connectivity index (χ0v) is 11.5. The molecular formula is C14H17NO5. The van der Waals surface area contributed by atoms with E-state index in [0.29, 0.717) is 0 Å². The molecule has 0 aliphatic carbocycles. The second kappa shape index (κ2) is 5.58. The van der Waals surface area contributed by atoms with E-state index in [0.717, 1.165) is 5.57 Å². The lowest BCUT2D eigenvalue weighted by Gasteiger charge is -2.29. The summed E-state index contributed by atoms with van der Waals surface area (Å²) < 4.78 is 10.7. The number of amides is 1. The fourth-order valence-corrected chi connectivity index (χ4v) is 2.27. The number of rotatable bonds is 3. The highest BCUT2D eigenvalue weighted by atomic mass is 16.6. The fourth-order valence-electron chi connectivity index (χ4n) is 2.27. The van der Waals surface area contributed by atoms with E-state index in [1.807, 2.05) is 6.92 Å². The van der Waals surface area contributed by atoms with E-state index < -0.39 is 18.3 Å². The minimum absolute atomic E-state index is 0.0830. The summed E-state index contributed by atoms with van der Waals surface area (Å²) in [5.41, 5.74) is 0.773. The van der Waals surface area contributed by atoms with Gasteiger partial charge in [0, 0.05) is 19.0 Å². The molecule has 0 aromatic rings. The van der Waals surface area contributed by atoms with Gasteiger partial charge in [-0.1, -0.05) is 13.5 Å². The van der Waals surface area contributed by atoms with Crippen LogP contribution in [0.25, 0.3) is 0 Å². The van der Waals surface area contributed by atoms with Gasteiger partial charge in [-0.3, -0.25) is 19.3 Å². The van der Waals surface area contributed by atoms with Crippen molar-refractivity contribution in [3.05, 3.63) is 24.4 Å². The molecule has 1 amide bonds. The van der Waals surface area contributed by atoms with Gasteiger partial charge in [-0.15, -0.1) is 0 Å². The molecule has 1 saturated heterocycles. The van der Waals surface area contributed by atoms with Crippen molar-refractivity contribution in [3.63, 3.8) is 0 Å². The second-order valence-corrected chi connectivity index (χ2v) is 4.94. The average Bonchev–Trinajstić information content (AvgIpc) is 2.64. The Balaban J connectivity index is 2.08. The third-order valence-electron chi connectivity index (χ3n) is 3.48. The van der Waals surface area contributed by atoms with Crippen LogP contribution < -0.4 is 0 Å². The van der Waals surface area contributed by atoms with Gasteiger partial charge in [0.1, 0.15) is 18.9 Å². The molecule has 2 aliphatic heterocycles. The van der Waals surface area contributed by atoms with E-state index in [9.17, 15) is 14.4 Å². The zero-order valence-electron chi connectivity index (χ0n) is 11.5. The summed E-state index contributed by atoms with van der Waals surface area (Å²) in [7, 11) is 0. The predicted octanol–water partition coefficient (Wildman–Crippen LogP) is 0.782. The molecule has 2 rings (SSSR count). The summed E-state index contributed by atoms with van der Waals surface area (Å²) in [6, 6.07) is 0. The van der Waals surface area contributed by atoms with Crippen LogP contribution in [-0.4, -0.2) is 41.5 Å². The summed E-state index contributed by atoms with van der Waals surface area (Å²) in [5.74, 6) is -1.00. The highest BCUT2D eigenvalue weighted by Crippen LogP contribution is 2.34. The smallest absolute Gasteiger partial charge is 0.302 e. The first-order valence-electron chi connectivity index (χ1n) is 6.40. The van der Waals surface area contributed by atoms with Gasteiger partial charge in [-0.05, 0) is 11.6 Å². The SMILES string of the molecule is C=C1[C@H](COC(C)=O)O[C@H](N2C=CC(=O)CC2=O)[C@@H]1C. The van der Waals surface area contributed by atoms with E-state index in [2.05, 4.69) is 6.58 Å². The molecule has 0 spiro atoms. The van der Waals surface area contributed by atoms with Gasteiger partial charge in [0.2, 0.25) is 5.91 Å². The molecule has 108 valence electrons. The molecule has 1 fully saturated rings. The van der Waals surface area contributed by atoms with Crippen molar-refractivity contribution >= 4 is 17.7 Å². The van der Waals surface area contributed by atoms with Gasteiger partial charge < -0.3 is 9.47 Å². The minimum Gasteiger partial charge on any atom is -0.463 e. The maximum atomic E-state index is 11.9. The first-order valence-corrected chi connectivity index (χ1v) is 6.40. The van der Waals surface area contributed by atoms with Crippen molar-refractivity contribution in [1.29, 1.82) is 0 Å². The van der Waals surface area contributed by atoms with Crippen LogP contribution in [-0.2, 0) is 23.9 Å². The van der Waals surface area contributed by atoms with Crippen molar-refractivity contribution in [2.75, 3.05) is 6.61 Å². The first-order chi connectivity index (χ1) is 9.40. The third-order valence-corrected chi connectivity index (χ3v) is 3.48. The van der Waals surface area contributed by atoms with Crippen molar-refractivity contribution in [1.82, 2.24) is 4.90 Å². The number of nitrogens with zero attached hydrogens (tertiary/aromatic N) is 1. The van der Waals surface area contributed by atoms with Crippen LogP contribution in [0.2, 0.25) is 0 Å². The number of carbonyl (C=O) groups excluding carboxylic acids is 3. The van der Waals surface area contributed by atoms with Crippen LogP contribution in [0.4, 0.5) is 0 Å². The van der Waals surface area contributed by atoms with Crippen LogP contribution in [0.5, 0.6) is 0 Å². The monoisotopic (exact) mass is 279 g/mol. The normalized spacial score (nSPS) is 30.0. The van der Waals surface area contributed by atoms with E-state index in [-0.39, 0.29) is 30.6 Å². The van der Waals surface area contributed by atoms with Crippen molar-refractivity contribution < 1.29 is 23.9 Å². The van der Waals surface area contributed by atoms with Crippen molar-refractivity contribution in [3.8, 4) is 0 Å². The van der Waals surface area contributed by atoms with Gasteiger partial charge >= 0.3 is 5.97 Å². The molecule has 0 unspecified atom stereocenters. The highest BCUT2D eigenvalue weighted by molar-refractivity contribution is 6.06. The minimum atomic E-state index is -0.514. The summed E-state index contributed by atoms with van der Waals surface area (Å²) >= 11 is 0. The third kappa shape index (κ3) is 2.80. The van der Waals surface area contributed by atoms with Crippen LogP contribution in [0.3, 0.4) is 0 Å². The lowest BCUT2D eigenvalue weighted by molar-refractivity contribution is -0.152. The summed E-state index contributed by atoms with van der Waals surface area (Å²) in [4.78, 5) is 35.3. The molecule has 2 aliphatic rings. The largest absolute Gasteiger partial charge is 0.463 e. The zero-order chi connectivity index (χ0) is 14.9. The molecule has 0 radical (unpaired) electrons. The molecule has 3 atom stereocenters. The molecule has 0 saturated carbocycles. The van der Waals surface area contributed by atoms with Crippen LogP contribution in [0.15, 0.2) is 24.4 Å². The quantitative estimate of drug-likeness (QED) is 0.433. The van der Waals surface area contributed by atoms with Crippen LogP contribution >= 0.6 is 0 Å². The van der Waals surface area contributed by atoms with Crippen LogP contribution in [0.1, 0.15) is 20.3 Å². The predicted molar refractivity (Wildman–Crippen MR) is 69.2 cm³/mol. The molecular weight excluding hydrogens is 262 g/mol. The summed E-state index contributed by atoms with van der Waals surface area (Å²) in [6.07, 6.45) is 1.71. The number of esters is 1. The van der Waals surface area contributed by atoms with Gasteiger partial charge in [0.25, 0.3) is 0 Å². The maximum absolute atomic E-state index is 11.9. The number of hydrogen-bond donors (Lipinski definition) is 0. The number of hydrogen-bond acceptors (Lipinski definition) is 5. The Morgan fingerprint density at radius 3 is 2.85 bits per heavy atom. The topological polar surface area (TPSA) is 72.9 Å². The molecule has 20 heavy (non-hydrogen) atoms. The van der Waals surface area contributed by atoms with Gasteiger partial charge in [-0.2, -0.15) is 0 Å². The first kappa shape index (κ1) is 14.5. The Bertz CT molecular complexity index is 496. The summed E-state index contributed by atoms with van der Waals surface area (Å²) in [6.45, 7) is 7.23. The molecule has 6 heteroatoms. The molecule has 0 bridgehead atoms. The van der Waals surface area contributed by atoms with Gasteiger partial charge in [-0.25, -0.2) is 0 Å². The number of carbonyl (C=O) groups is 3.